The Morgan fingerprint density at radius 1 is 1.33 bits per heavy atom. The molecule has 1 aliphatic carbocycles. The van der Waals surface area contributed by atoms with Gasteiger partial charge in [0.25, 0.3) is 0 Å². The minimum atomic E-state index is 0.284. The molecule has 1 unspecified atom stereocenters. The Hall–Kier alpha value is -0.640. The molecule has 1 N–H and O–H groups in total. The minimum absolute atomic E-state index is 0.284. The first-order valence-corrected chi connectivity index (χ1v) is 9.23. The number of thioether (sulfide) groups is 1. The maximum Gasteiger partial charge on any atom is 0.134 e. The van der Waals surface area contributed by atoms with E-state index in [1.54, 1.807) is 0 Å². The summed E-state index contributed by atoms with van der Waals surface area (Å²) < 4.78 is 6.02. The van der Waals surface area contributed by atoms with Crippen molar-refractivity contribution in [1.82, 2.24) is 5.32 Å². The van der Waals surface area contributed by atoms with Crippen molar-refractivity contribution >= 4 is 34.3 Å². The third-order valence-corrected chi connectivity index (χ3v) is 5.80. The zero-order valence-corrected chi connectivity index (χ0v) is 14.0. The molecule has 0 saturated heterocycles. The molecule has 4 heteroatoms. The SMILES string of the molecule is CCNC(CSC1CCCC1)c1cc2cc(Cl)ccc2o1. The molecule has 1 heterocycles. The molecule has 1 atom stereocenters. The average molecular weight is 324 g/mol. The summed E-state index contributed by atoms with van der Waals surface area (Å²) in [6.45, 7) is 3.10. The van der Waals surface area contributed by atoms with Gasteiger partial charge in [0.2, 0.25) is 0 Å². The van der Waals surface area contributed by atoms with E-state index < -0.39 is 0 Å². The molecule has 1 aromatic heterocycles. The Balaban J connectivity index is 1.74. The zero-order valence-electron chi connectivity index (χ0n) is 12.4. The van der Waals surface area contributed by atoms with Crippen molar-refractivity contribution in [1.29, 1.82) is 0 Å². The first kappa shape index (κ1) is 15.3. The summed E-state index contributed by atoms with van der Waals surface area (Å²) in [5.74, 6) is 2.10. The molecular weight excluding hydrogens is 302 g/mol. The number of nitrogens with one attached hydrogen (secondary N) is 1. The van der Waals surface area contributed by atoms with E-state index in [-0.39, 0.29) is 6.04 Å². The van der Waals surface area contributed by atoms with Crippen LogP contribution in [0.15, 0.2) is 28.7 Å². The zero-order chi connectivity index (χ0) is 14.7. The number of fused-ring (bicyclic) bond motifs is 1. The molecule has 0 bridgehead atoms. The highest BCUT2D eigenvalue weighted by Gasteiger charge is 2.20. The predicted molar refractivity (Wildman–Crippen MR) is 92.4 cm³/mol. The molecule has 0 amide bonds. The number of hydrogen-bond donors (Lipinski definition) is 1. The molecule has 114 valence electrons. The number of halogens is 1. The number of hydrogen-bond acceptors (Lipinski definition) is 3. The van der Waals surface area contributed by atoms with Crippen molar-refractivity contribution in [2.45, 2.75) is 43.9 Å². The van der Waals surface area contributed by atoms with Gasteiger partial charge in [-0.1, -0.05) is 31.4 Å². The Labute approximate surface area is 135 Å². The Kier molecular flexibility index (Phi) is 5.15. The van der Waals surface area contributed by atoms with Crippen molar-refractivity contribution in [3.63, 3.8) is 0 Å². The molecule has 0 spiro atoms. The number of furan rings is 1. The van der Waals surface area contributed by atoms with Crippen molar-refractivity contribution in [2.24, 2.45) is 0 Å². The fourth-order valence-corrected chi connectivity index (χ4v) is 4.58. The van der Waals surface area contributed by atoms with E-state index in [1.807, 2.05) is 18.2 Å². The van der Waals surface area contributed by atoms with Crippen molar-refractivity contribution in [2.75, 3.05) is 12.3 Å². The third kappa shape index (κ3) is 3.77. The van der Waals surface area contributed by atoms with Crippen LogP contribution in [0, 0.1) is 0 Å². The first-order chi connectivity index (χ1) is 10.3. The van der Waals surface area contributed by atoms with Crippen molar-refractivity contribution in [3.05, 3.63) is 35.0 Å². The maximum absolute atomic E-state index is 6.05. The van der Waals surface area contributed by atoms with E-state index in [9.17, 15) is 0 Å². The maximum atomic E-state index is 6.05. The molecule has 2 aromatic rings. The molecule has 1 saturated carbocycles. The monoisotopic (exact) mass is 323 g/mol. The van der Waals surface area contributed by atoms with Gasteiger partial charge in [0, 0.05) is 21.4 Å². The Morgan fingerprint density at radius 3 is 2.90 bits per heavy atom. The van der Waals surface area contributed by atoms with E-state index in [1.165, 1.54) is 25.7 Å². The van der Waals surface area contributed by atoms with Gasteiger partial charge in [0.1, 0.15) is 11.3 Å². The lowest BCUT2D eigenvalue weighted by atomic mass is 10.2. The van der Waals surface area contributed by atoms with Crippen LogP contribution in [-0.2, 0) is 0 Å². The van der Waals surface area contributed by atoms with Crippen LogP contribution in [0.1, 0.15) is 44.4 Å². The first-order valence-electron chi connectivity index (χ1n) is 7.80. The van der Waals surface area contributed by atoms with Crippen molar-refractivity contribution < 1.29 is 4.42 Å². The molecule has 2 nitrogen and oxygen atoms in total. The molecule has 1 fully saturated rings. The fraction of sp³-hybridized carbons (Fsp3) is 0.529. The smallest absolute Gasteiger partial charge is 0.134 e. The molecule has 1 aliphatic rings. The summed E-state index contributed by atoms with van der Waals surface area (Å²) in [4.78, 5) is 0. The summed E-state index contributed by atoms with van der Waals surface area (Å²) in [5, 5.41) is 6.24. The van der Waals surface area contributed by atoms with Crippen LogP contribution in [0.25, 0.3) is 11.0 Å². The van der Waals surface area contributed by atoms with Gasteiger partial charge >= 0.3 is 0 Å². The average Bonchev–Trinajstić information content (AvgIpc) is 3.11. The van der Waals surface area contributed by atoms with Crippen molar-refractivity contribution in [3.8, 4) is 0 Å². The highest BCUT2D eigenvalue weighted by molar-refractivity contribution is 7.99. The van der Waals surface area contributed by atoms with E-state index in [4.69, 9.17) is 16.0 Å². The summed E-state index contributed by atoms with van der Waals surface area (Å²) in [7, 11) is 0. The standard InChI is InChI=1S/C17H22ClNOS/c1-2-19-15(11-21-14-5-3-4-6-14)17-10-12-9-13(18)7-8-16(12)20-17/h7-10,14-15,19H,2-6,11H2,1H3. The second kappa shape index (κ2) is 7.08. The van der Waals surface area contributed by atoms with Gasteiger partial charge in [-0.3, -0.25) is 0 Å². The molecule has 1 aromatic carbocycles. The van der Waals surface area contributed by atoms with Crippen LogP contribution in [0.2, 0.25) is 5.02 Å². The summed E-state index contributed by atoms with van der Waals surface area (Å²) >= 11 is 8.15. The van der Waals surface area contributed by atoms with Crippen LogP contribution in [0.4, 0.5) is 0 Å². The topological polar surface area (TPSA) is 25.2 Å². The van der Waals surface area contributed by atoms with Gasteiger partial charge in [-0.25, -0.2) is 0 Å². The summed E-state index contributed by atoms with van der Waals surface area (Å²) in [6, 6.07) is 8.22. The van der Waals surface area contributed by atoms with Gasteiger partial charge in [-0.05, 0) is 43.7 Å². The van der Waals surface area contributed by atoms with Gasteiger partial charge in [-0.2, -0.15) is 11.8 Å². The summed E-state index contributed by atoms with van der Waals surface area (Å²) in [5.41, 5.74) is 0.920. The summed E-state index contributed by atoms with van der Waals surface area (Å²) in [6.07, 6.45) is 5.54. The predicted octanol–water partition coefficient (Wildman–Crippen LogP) is 5.41. The molecule has 0 radical (unpaired) electrons. The lowest BCUT2D eigenvalue weighted by Crippen LogP contribution is -2.23. The lowest BCUT2D eigenvalue weighted by Gasteiger charge is -2.17. The number of rotatable bonds is 6. The molecular formula is C17H22ClNOS. The largest absolute Gasteiger partial charge is 0.459 e. The lowest BCUT2D eigenvalue weighted by molar-refractivity contribution is 0.463. The fourth-order valence-electron chi connectivity index (χ4n) is 2.98. The quantitative estimate of drug-likeness (QED) is 0.769. The van der Waals surface area contributed by atoms with Crippen LogP contribution in [-0.4, -0.2) is 17.5 Å². The minimum Gasteiger partial charge on any atom is -0.459 e. The second-order valence-corrected chi connectivity index (χ2v) is 7.45. The normalized spacial score (nSPS) is 17.6. The van der Waals surface area contributed by atoms with Gasteiger partial charge < -0.3 is 9.73 Å². The van der Waals surface area contributed by atoms with E-state index in [0.717, 1.165) is 39.3 Å². The molecule has 21 heavy (non-hydrogen) atoms. The highest BCUT2D eigenvalue weighted by atomic mass is 35.5. The van der Waals surface area contributed by atoms with E-state index in [2.05, 4.69) is 30.1 Å². The van der Waals surface area contributed by atoms with Gasteiger partial charge in [0.15, 0.2) is 0 Å². The number of benzene rings is 1. The second-order valence-electron chi connectivity index (χ2n) is 5.68. The van der Waals surface area contributed by atoms with E-state index >= 15 is 0 Å². The van der Waals surface area contributed by atoms with E-state index in [0.29, 0.717) is 0 Å². The van der Waals surface area contributed by atoms with Crippen LogP contribution in [0.5, 0.6) is 0 Å². The van der Waals surface area contributed by atoms with Crippen LogP contribution < -0.4 is 5.32 Å². The highest BCUT2D eigenvalue weighted by Crippen LogP contribution is 2.33. The third-order valence-electron chi connectivity index (χ3n) is 4.09. The van der Waals surface area contributed by atoms with Crippen LogP contribution in [0.3, 0.4) is 0 Å². The molecule has 3 rings (SSSR count). The van der Waals surface area contributed by atoms with Crippen LogP contribution >= 0.6 is 23.4 Å². The van der Waals surface area contributed by atoms with Gasteiger partial charge in [0.05, 0.1) is 6.04 Å². The van der Waals surface area contributed by atoms with Gasteiger partial charge in [-0.15, -0.1) is 0 Å². The Morgan fingerprint density at radius 2 is 2.14 bits per heavy atom. The Bertz CT molecular complexity index is 591. The molecule has 0 aliphatic heterocycles.